The van der Waals surface area contributed by atoms with E-state index in [1.54, 1.807) is 34.1 Å². The summed E-state index contributed by atoms with van der Waals surface area (Å²) in [5, 5.41) is 0. The second-order valence-electron chi connectivity index (χ2n) is 2.11. The maximum absolute atomic E-state index is 11.1. The van der Waals surface area contributed by atoms with Crippen LogP contribution in [0.2, 0.25) is 0 Å². The first-order valence-corrected chi connectivity index (χ1v) is 4.65. The minimum Gasteiger partial charge on any atom is -0.273 e. The van der Waals surface area contributed by atoms with Gasteiger partial charge in [-0.15, -0.1) is 11.3 Å². The van der Waals surface area contributed by atoms with Gasteiger partial charge >= 0.3 is 0 Å². The van der Waals surface area contributed by atoms with Crippen LogP contribution in [0.5, 0.6) is 0 Å². The van der Waals surface area contributed by atoms with E-state index in [4.69, 9.17) is 0 Å². The van der Waals surface area contributed by atoms with E-state index in [1.807, 2.05) is 6.07 Å². The Morgan fingerprint density at radius 3 is 3.00 bits per heavy atom. The number of pyridine rings is 1. The fraction of sp³-hybridized carbons (Fsp3) is 0. The fourth-order valence-electron chi connectivity index (χ4n) is 0.920. The molecule has 56 valence electrons. The lowest BCUT2D eigenvalue weighted by atomic mass is 10.5. The second kappa shape index (κ2) is 2.46. The summed E-state index contributed by atoms with van der Waals surface area (Å²) in [5.74, 6) is 0. The molecule has 0 unspecified atom stereocenters. The topological polar surface area (TPSA) is 21.5 Å². The zero-order chi connectivity index (χ0) is 7.84. The van der Waals surface area contributed by atoms with Crippen molar-refractivity contribution in [1.82, 2.24) is 4.40 Å². The Labute approximate surface area is 75.2 Å². The number of nitrogens with zero attached hydrogens (tertiary/aromatic N) is 1. The van der Waals surface area contributed by atoms with Gasteiger partial charge in [-0.25, -0.2) is 0 Å². The first-order chi connectivity index (χ1) is 5.27. The van der Waals surface area contributed by atoms with Crippen LogP contribution in [0.15, 0.2) is 33.0 Å². The SMILES string of the molecule is O=c1cccc2sc(Br)cn12. The van der Waals surface area contributed by atoms with Crippen LogP contribution in [0, 0.1) is 0 Å². The van der Waals surface area contributed by atoms with Crippen molar-refractivity contribution in [2.45, 2.75) is 0 Å². The molecule has 0 radical (unpaired) electrons. The molecule has 2 heterocycles. The van der Waals surface area contributed by atoms with Crippen LogP contribution in [0.3, 0.4) is 0 Å². The predicted octanol–water partition coefficient (Wildman–Crippen LogP) is 2.12. The van der Waals surface area contributed by atoms with Crippen LogP contribution < -0.4 is 5.56 Å². The highest BCUT2D eigenvalue weighted by atomic mass is 79.9. The summed E-state index contributed by atoms with van der Waals surface area (Å²) in [6, 6.07) is 5.23. The molecule has 0 spiro atoms. The first kappa shape index (κ1) is 7.06. The summed E-state index contributed by atoms with van der Waals surface area (Å²) in [6.07, 6.45) is 1.78. The number of rotatable bonds is 0. The molecule has 2 aromatic rings. The minimum atomic E-state index is 0.0180. The van der Waals surface area contributed by atoms with Crippen molar-refractivity contribution in [2.75, 3.05) is 0 Å². The van der Waals surface area contributed by atoms with Gasteiger partial charge in [-0.1, -0.05) is 6.07 Å². The van der Waals surface area contributed by atoms with E-state index in [-0.39, 0.29) is 5.56 Å². The maximum Gasteiger partial charge on any atom is 0.255 e. The molecule has 0 aromatic carbocycles. The second-order valence-corrected chi connectivity index (χ2v) is 4.55. The Morgan fingerprint density at radius 1 is 1.45 bits per heavy atom. The highest BCUT2D eigenvalue weighted by Crippen LogP contribution is 2.20. The number of hydrogen-bond acceptors (Lipinski definition) is 2. The highest BCUT2D eigenvalue weighted by molar-refractivity contribution is 9.11. The first-order valence-electron chi connectivity index (χ1n) is 3.04. The summed E-state index contributed by atoms with van der Waals surface area (Å²) in [7, 11) is 0. The van der Waals surface area contributed by atoms with Gasteiger partial charge in [-0.2, -0.15) is 0 Å². The molecule has 0 saturated heterocycles. The van der Waals surface area contributed by atoms with Crippen LogP contribution >= 0.6 is 27.3 Å². The fourth-order valence-corrected chi connectivity index (χ4v) is 2.37. The molecule has 11 heavy (non-hydrogen) atoms. The van der Waals surface area contributed by atoms with Crippen LogP contribution in [0.1, 0.15) is 0 Å². The Balaban J connectivity index is 3.02. The molecular weight excluding hydrogens is 226 g/mol. The zero-order valence-electron chi connectivity index (χ0n) is 5.45. The lowest BCUT2D eigenvalue weighted by Gasteiger charge is -1.86. The van der Waals surface area contributed by atoms with E-state index < -0.39 is 0 Å². The predicted molar refractivity (Wildman–Crippen MR) is 49.2 cm³/mol. The highest BCUT2D eigenvalue weighted by Gasteiger charge is 1.97. The molecule has 0 aliphatic rings. The van der Waals surface area contributed by atoms with Crippen molar-refractivity contribution in [3.63, 3.8) is 0 Å². The number of fused-ring (bicyclic) bond motifs is 1. The molecule has 0 amide bonds. The van der Waals surface area contributed by atoms with Gasteiger partial charge in [0.2, 0.25) is 0 Å². The Morgan fingerprint density at radius 2 is 2.27 bits per heavy atom. The van der Waals surface area contributed by atoms with Gasteiger partial charge in [0.25, 0.3) is 5.56 Å². The van der Waals surface area contributed by atoms with E-state index in [0.717, 1.165) is 8.62 Å². The van der Waals surface area contributed by atoms with Gasteiger partial charge in [0, 0.05) is 12.3 Å². The molecule has 0 fully saturated rings. The Hall–Kier alpha value is -0.610. The van der Waals surface area contributed by atoms with E-state index in [1.165, 1.54) is 0 Å². The molecule has 0 N–H and O–H groups in total. The molecule has 0 atom stereocenters. The zero-order valence-corrected chi connectivity index (χ0v) is 7.85. The van der Waals surface area contributed by atoms with Crippen molar-refractivity contribution < 1.29 is 0 Å². The van der Waals surface area contributed by atoms with E-state index in [2.05, 4.69) is 15.9 Å². The third-order valence-electron chi connectivity index (χ3n) is 1.39. The summed E-state index contributed by atoms with van der Waals surface area (Å²) >= 11 is 4.86. The van der Waals surface area contributed by atoms with Crippen molar-refractivity contribution in [1.29, 1.82) is 0 Å². The van der Waals surface area contributed by atoms with Crippen molar-refractivity contribution in [2.24, 2.45) is 0 Å². The molecule has 4 heteroatoms. The van der Waals surface area contributed by atoms with Gasteiger partial charge in [0.05, 0.1) is 3.79 Å². The average Bonchev–Trinajstić information content (AvgIpc) is 2.31. The standard InChI is InChI=1S/C7H4BrNOS/c8-5-4-9-6(10)2-1-3-7(9)11-5/h1-4H. The Kier molecular flexibility index (Phi) is 1.58. The Bertz CT molecular complexity index is 445. The van der Waals surface area contributed by atoms with E-state index in [0.29, 0.717) is 0 Å². The van der Waals surface area contributed by atoms with Crippen LogP contribution in [-0.4, -0.2) is 4.40 Å². The molecular formula is C7H4BrNOS. The number of aromatic nitrogens is 1. The van der Waals surface area contributed by atoms with Gasteiger partial charge in [0.15, 0.2) is 0 Å². The van der Waals surface area contributed by atoms with Gasteiger partial charge in [-0.05, 0) is 22.0 Å². The molecule has 2 rings (SSSR count). The molecule has 0 bridgehead atoms. The summed E-state index contributed by atoms with van der Waals surface area (Å²) < 4.78 is 2.59. The largest absolute Gasteiger partial charge is 0.273 e. The number of halogens is 1. The number of hydrogen-bond donors (Lipinski definition) is 0. The van der Waals surface area contributed by atoms with Crippen molar-refractivity contribution in [3.8, 4) is 0 Å². The van der Waals surface area contributed by atoms with Gasteiger partial charge in [0.1, 0.15) is 4.83 Å². The summed E-state index contributed by atoms with van der Waals surface area (Å²) in [4.78, 5) is 12.1. The van der Waals surface area contributed by atoms with Crippen molar-refractivity contribution in [3.05, 3.63) is 38.5 Å². The van der Waals surface area contributed by atoms with Crippen LogP contribution in [-0.2, 0) is 0 Å². The molecule has 2 nitrogen and oxygen atoms in total. The van der Waals surface area contributed by atoms with E-state index >= 15 is 0 Å². The van der Waals surface area contributed by atoms with Crippen LogP contribution in [0.4, 0.5) is 0 Å². The quantitative estimate of drug-likeness (QED) is 0.679. The summed E-state index contributed by atoms with van der Waals surface area (Å²) in [5.41, 5.74) is 0.0180. The monoisotopic (exact) mass is 229 g/mol. The van der Waals surface area contributed by atoms with Gasteiger partial charge in [-0.3, -0.25) is 9.20 Å². The lowest BCUT2D eigenvalue weighted by Crippen LogP contribution is -2.07. The number of thiazole rings is 1. The average molecular weight is 230 g/mol. The maximum atomic E-state index is 11.1. The third kappa shape index (κ3) is 1.12. The van der Waals surface area contributed by atoms with Crippen LogP contribution in [0.25, 0.3) is 4.83 Å². The smallest absolute Gasteiger partial charge is 0.255 e. The lowest BCUT2D eigenvalue weighted by molar-refractivity contribution is 1.12. The molecule has 0 aliphatic carbocycles. The van der Waals surface area contributed by atoms with Crippen molar-refractivity contribution >= 4 is 32.1 Å². The van der Waals surface area contributed by atoms with E-state index in [9.17, 15) is 4.79 Å². The molecule has 0 aliphatic heterocycles. The minimum absolute atomic E-state index is 0.0180. The summed E-state index contributed by atoms with van der Waals surface area (Å²) in [6.45, 7) is 0. The van der Waals surface area contributed by atoms with Gasteiger partial charge < -0.3 is 0 Å². The third-order valence-corrected chi connectivity index (χ3v) is 2.92. The molecule has 2 aromatic heterocycles. The normalized spacial score (nSPS) is 10.6. The molecule has 0 saturated carbocycles.